The van der Waals surface area contributed by atoms with Gasteiger partial charge in [-0.3, -0.25) is 4.79 Å². The number of hydrogen-bond donors (Lipinski definition) is 2. The Morgan fingerprint density at radius 1 is 1.35 bits per heavy atom. The maximum Gasteiger partial charge on any atom is 0.220 e. The van der Waals surface area contributed by atoms with Gasteiger partial charge in [-0.25, -0.2) is 0 Å². The molecule has 1 aromatic carbocycles. The highest BCUT2D eigenvalue weighted by molar-refractivity contribution is 9.10. The lowest BCUT2D eigenvalue weighted by Gasteiger charge is -2.09. The van der Waals surface area contributed by atoms with Crippen LogP contribution in [0.4, 0.5) is 0 Å². The van der Waals surface area contributed by atoms with Gasteiger partial charge in [0.05, 0.1) is 0 Å². The molecule has 1 unspecified atom stereocenters. The summed E-state index contributed by atoms with van der Waals surface area (Å²) >= 11 is 5.43. The number of benzene rings is 1. The van der Waals surface area contributed by atoms with Crippen LogP contribution in [0.5, 0.6) is 0 Å². The molecule has 2 N–H and O–H groups in total. The van der Waals surface area contributed by atoms with Crippen LogP contribution in [0.15, 0.2) is 33.6 Å². The lowest BCUT2D eigenvalue weighted by molar-refractivity contribution is -0.121. The van der Waals surface area contributed by atoms with Gasteiger partial charge in [0.15, 0.2) is 0 Å². The van der Waals surface area contributed by atoms with Crippen molar-refractivity contribution in [2.75, 3.05) is 25.4 Å². The van der Waals surface area contributed by atoms with Gasteiger partial charge in [0.1, 0.15) is 0 Å². The number of unbranched alkanes of at least 4 members (excludes halogenated alkanes) is 1. The molecular weight excluding hydrogens is 396 g/mol. The summed E-state index contributed by atoms with van der Waals surface area (Å²) in [5.74, 6) is 2.00. The highest BCUT2D eigenvalue weighted by Gasteiger charge is 2.15. The smallest absolute Gasteiger partial charge is 0.220 e. The molecule has 0 spiro atoms. The second kappa shape index (κ2) is 12.2. The zero-order valence-corrected chi connectivity index (χ0v) is 16.6. The molecule has 130 valence electrons. The minimum absolute atomic E-state index is 0. The van der Waals surface area contributed by atoms with Gasteiger partial charge in [-0.2, -0.15) is 0 Å². The van der Waals surface area contributed by atoms with Crippen molar-refractivity contribution >= 4 is 46.0 Å². The Labute approximate surface area is 158 Å². The summed E-state index contributed by atoms with van der Waals surface area (Å²) in [6.07, 6.45) is 5.10. The molecule has 23 heavy (non-hydrogen) atoms. The third-order valence-electron chi connectivity index (χ3n) is 3.93. The van der Waals surface area contributed by atoms with E-state index >= 15 is 0 Å². The molecular formula is C17H26BrClN2OS. The molecule has 1 aromatic rings. The van der Waals surface area contributed by atoms with Crippen LogP contribution in [-0.4, -0.2) is 31.3 Å². The predicted molar refractivity (Wildman–Crippen MR) is 105 cm³/mol. The third kappa shape index (κ3) is 8.43. The number of carbonyl (C=O) groups is 1. The van der Waals surface area contributed by atoms with Gasteiger partial charge in [-0.1, -0.05) is 12.1 Å². The minimum atomic E-state index is 0. The highest BCUT2D eigenvalue weighted by atomic mass is 79.9. The van der Waals surface area contributed by atoms with Crippen molar-refractivity contribution in [3.05, 3.63) is 28.7 Å². The van der Waals surface area contributed by atoms with Crippen molar-refractivity contribution in [1.82, 2.24) is 10.6 Å². The van der Waals surface area contributed by atoms with E-state index in [1.54, 1.807) is 0 Å². The average Bonchev–Trinajstić information content (AvgIpc) is 3.04. The van der Waals surface area contributed by atoms with Gasteiger partial charge in [-0.05, 0) is 78.5 Å². The van der Waals surface area contributed by atoms with Gasteiger partial charge in [0.2, 0.25) is 5.91 Å². The number of carbonyl (C=O) groups excluding carboxylic acids is 1. The monoisotopic (exact) mass is 420 g/mol. The van der Waals surface area contributed by atoms with Crippen LogP contribution in [0, 0.1) is 5.92 Å². The van der Waals surface area contributed by atoms with E-state index in [4.69, 9.17) is 0 Å². The van der Waals surface area contributed by atoms with Crippen LogP contribution in [0.2, 0.25) is 0 Å². The Balaban J connectivity index is 0.00000264. The minimum Gasteiger partial charge on any atom is -0.356 e. The number of rotatable bonds is 9. The molecule has 1 atom stereocenters. The van der Waals surface area contributed by atoms with E-state index in [2.05, 4.69) is 44.8 Å². The molecule has 2 rings (SSSR count). The second-order valence-corrected chi connectivity index (χ2v) is 7.72. The van der Waals surface area contributed by atoms with Gasteiger partial charge < -0.3 is 10.6 Å². The molecule has 1 aliphatic heterocycles. The van der Waals surface area contributed by atoms with Gasteiger partial charge >= 0.3 is 0 Å². The first-order valence-electron chi connectivity index (χ1n) is 8.10. The summed E-state index contributed by atoms with van der Waals surface area (Å²) in [6, 6.07) is 8.30. The Kier molecular flexibility index (Phi) is 11.0. The Hall–Kier alpha value is -0.230. The average molecular weight is 422 g/mol. The van der Waals surface area contributed by atoms with Crippen LogP contribution in [0.25, 0.3) is 0 Å². The number of halogens is 2. The first-order chi connectivity index (χ1) is 10.8. The zero-order chi connectivity index (χ0) is 15.6. The predicted octanol–water partition coefficient (Wildman–Crippen LogP) is 4.25. The van der Waals surface area contributed by atoms with Crippen molar-refractivity contribution in [2.45, 2.75) is 37.0 Å². The zero-order valence-electron chi connectivity index (χ0n) is 13.4. The number of thioether (sulfide) groups is 1. The van der Waals surface area contributed by atoms with Crippen molar-refractivity contribution in [1.29, 1.82) is 0 Å². The highest BCUT2D eigenvalue weighted by Crippen LogP contribution is 2.27. The maximum atomic E-state index is 11.8. The summed E-state index contributed by atoms with van der Waals surface area (Å²) in [7, 11) is 0. The topological polar surface area (TPSA) is 41.1 Å². The summed E-state index contributed by atoms with van der Waals surface area (Å²) in [5, 5.41) is 6.38. The third-order valence-corrected chi connectivity index (χ3v) is 6.04. The van der Waals surface area contributed by atoms with E-state index in [9.17, 15) is 4.79 Å². The van der Waals surface area contributed by atoms with Gasteiger partial charge in [0.25, 0.3) is 0 Å². The van der Waals surface area contributed by atoms with Crippen molar-refractivity contribution < 1.29 is 4.79 Å². The Morgan fingerprint density at radius 3 is 2.91 bits per heavy atom. The Morgan fingerprint density at radius 2 is 2.17 bits per heavy atom. The quantitative estimate of drug-likeness (QED) is 0.462. The molecule has 1 aliphatic rings. The van der Waals surface area contributed by atoms with E-state index in [-0.39, 0.29) is 18.3 Å². The fourth-order valence-corrected chi connectivity index (χ4v) is 4.16. The number of amides is 1. The van der Waals surface area contributed by atoms with Crippen molar-refractivity contribution in [3.63, 3.8) is 0 Å². The van der Waals surface area contributed by atoms with E-state index < -0.39 is 0 Å². The van der Waals surface area contributed by atoms with Crippen LogP contribution < -0.4 is 10.6 Å². The first-order valence-corrected chi connectivity index (χ1v) is 9.88. The van der Waals surface area contributed by atoms with Gasteiger partial charge in [0, 0.05) is 22.3 Å². The molecule has 0 aliphatic carbocycles. The normalized spacial score (nSPS) is 16.8. The first kappa shape index (κ1) is 20.8. The Bertz CT molecular complexity index is 470. The van der Waals surface area contributed by atoms with Crippen LogP contribution >= 0.6 is 40.1 Å². The molecule has 1 saturated heterocycles. The standard InChI is InChI=1S/C17H25BrN2OS.ClH/c18-15-5-1-2-6-16(15)22-12-4-3-10-20-17(21)8-7-14-9-11-19-13-14;/h1-2,5-6,14,19H,3-4,7-13H2,(H,20,21);1H. The van der Waals surface area contributed by atoms with Crippen molar-refractivity contribution in [3.8, 4) is 0 Å². The molecule has 0 aromatic heterocycles. The van der Waals surface area contributed by atoms with Crippen molar-refractivity contribution in [2.24, 2.45) is 5.92 Å². The summed E-state index contributed by atoms with van der Waals surface area (Å²) in [4.78, 5) is 13.0. The molecule has 1 heterocycles. The summed E-state index contributed by atoms with van der Waals surface area (Å²) in [6.45, 7) is 3.00. The molecule has 1 amide bonds. The van der Waals surface area contributed by atoms with E-state index in [0.717, 1.165) is 49.1 Å². The molecule has 6 heteroatoms. The fraction of sp³-hybridized carbons (Fsp3) is 0.588. The fourth-order valence-electron chi connectivity index (χ4n) is 2.58. The number of hydrogen-bond acceptors (Lipinski definition) is 3. The molecule has 3 nitrogen and oxygen atoms in total. The summed E-state index contributed by atoms with van der Waals surface area (Å²) in [5.41, 5.74) is 0. The summed E-state index contributed by atoms with van der Waals surface area (Å²) < 4.78 is 1.16. The van der Waals surface area contributed by atoms with E-state index in [1.165, 1.54) is 11.3 Å². The van der Waals surface area contributed by atoms with Gasteiger partial charge in [-0.15, -0.1) is 24.2 Å². The molecule has 1 fully saturated rings. The SMILES string of the molecule is Cl.O=C(CCC1CCNC1)NCCCCSc1ccccc1Br. The largest absolute Gasteiger partial charge is 0.356 e. The molecule has 0 saturated carbocycles. The molecule has 0 radical (unpaired) electrons. The van der Waals surface area contributed by atoms with Crippen LogP contribution in [0.1, 0.15) is 32.1 Å². The van der Waals surface area contributed by atoms with E-state index in [1.807, 2.05) is 17.8 Å². The lowest BCUT2D eigenvalue weighted by Crippen LogP contribution is -2.25. The second-order valence-electron chi connectivity index (χ2n) is 5.73. The lowest BCUT2D eigenvalue weighted by atomic mass is 10.0. The van der Waals surface area contributed by atoms with Crippen LogP contribution in [-0.2, 0) is 4.79 Å². The van der Waals surface area contributed by atoms with Crippen LogP contribution in [0.3, 0.4) is 0 Å². The maximum absolute atomic E-state index is 11.8. The number of nitrogens with one attached hydrogen (secondary N) is 2. The molecule has 0 bridgehead atoms. The van der Waals surface area contributed by atoms with E-state index in [0.29, 0.717) is 12.3 Å².